The van der Waals surface area contributed by atoms with Crippen molar-refractivity contribution in [1.29, 1.82) is 0 Å². The van der Waals surface area contributed by atoms with E-state index in [1.807, 2.05) is 6.92 Å². The van der Waals surface area contributed by atoms with Crippen LogP contribution in [0.4, 0.5) is 0 Å². The van der Waals surface area contributed by atoms with E-state index in [1.54, 1.807) is 26.8 Å². The van der Waals surface area contributed by atoms with E-state index in [1.165, 1.54) is 0 Å². The van der Waals surface area contributed by atoms with Gasteiger partial charge in [0.2, 0.25) is 5.88 Å². The summed E-state index contributed by atoms with van der Waals surface area (Å²) >= 11 is 0. The van der Waals surface area contributed by atoms with Gasteiger partial charge in [0.15, 0.2) is 5.78 Å². The molecule has 1 aromatic rings. The lowest BCUT2D eigenvalue weighted by Gasteiger charge is -2.48. The van der Waals surface area contributed by atoms with E-state index in [9.17, 15) is 4.79 Å². The molecule has 0 saturated heterocycles. The van der Waals surface area contributed by atoms with Crippen molar-refractivity contribution >= 4 is 5.78 Å². The summed E-state index contributed by atoms with van der Waals surface area (Å²) in [4.78, 5) is 21.3. The van der Waals surface area contributed by atoms with Crippen molar-refractivity contribution in [2.45, 2.75) is 38.5 Å². The molecule has 0 aliphatic heterocycles. The first-order chi connectivity index (χ1) is 10.5. The summed E-state index contributed by atoms with van der Waals surface area (Å²) in [6, 6.07) is 0. The van der Waals surface area contributed by atoms with Crippen LogP contribution in [-0.2, 0) is 21.4 Å². The molecule has 0 unspecified atom stereocenters. The number of methoxy groups -OCH3 is 2. The van der Waals surface area contributed by atoms with Crippen LogP contribution < -0.4 is 4.74 Å². The molecular formula is C17H22N2O3. The molecule has 1 aromatic heterocycles. The van der Waals surface area contributed by atoms with Crippen molar-refractivity contribution in [3.8, 4) is 5.88 Å². The number of nitrogens with zero attached hydrogens (tertiary/aromatic N) is 2. The topological polar surface area (TPSA) is 61.3 Å². The molecule has 1 heterocycles. The summed E-state index contributed by atoms with van der Waals surface area (Å²) in [5.41, 5.74) is 2.68. The van der Waals surface area contributed by atoms with Crippen molar-refractivity contribution < 1.29 is 14.3 Å². The second-order valence-corrected chi connectivity index (χ2v) is 6.48. The van der Waals surface area contributed by atoms with Gasteiger partial charge in [-0.15, -0.1) is 0 Å². The average Bonchev–Trinajstić information content (AvgIpc) is 2.52. The fourth-order valence-electron chi connectivity index (χ4n) is 4.30. The summed E-state index contributed by atoms with van der Waals surface area (Å²) in [7, 11) is 3.22. The number of Topliss-reactive ketones (excluding diaryl/α,β-unsaturated/α-hetero) is 1. The maximum Gasteiger partial charge on any atom is 0.219 e. The number of aromatic nitrogens is 2. The van der Waals surface area contributed by atoms with Gasteiger partial charge in [-0.1, -0.05) is 13.8 Å². The number of carbonyl (C=O) groups is 1. The predicted molar refractivity (Wildman–Crippen MR) is 81.6 cm³/mol. The number of ketones is 1. The number of allylic oxidation sites excluding steroid dienone is 1. The molecular weight excluding hydrogens is 280 g/mol. The Labute approximate surface area is 130 Å². The van der Waals surface area contributed by atoms with E-state index in [4.69, 9.17) is 9.47 Å². The van der Waals surface area contributed by atoms with Crippen molar-refractivity contribution in [2.75, 3.05) is 14.2 Å². The number of hydrogen-bond acceptors (Lipinski definition) is 5. The highest BCUT2D eigenvalue weighted by molar-refractivity contribution is 5.98. The fourth-order valence-corrected chi connectivity index (χ4v) is 4.30. The lowest BCUT2D eigenvalue weighted by atomic mass is 9.55. The number of carbonyl (C=O) groups excluding carboxylic acids is 1. The maximum absolute atomic E-state index is 12.5. The molecule has 2 aliphatic rings. The number of fused-ring (bicyclic) bond motifs is 3. The van der Waals surface area contributed by atoms with Crippen LogP contribution in [0.1, 0.15) is 37.9 Å². The fraction of sp³-hybridized carbons (Fsp3) is 0.588. The Bertz CT molecular complexity index is 641. The van der Waals surface area contributed by atoms with Crippen molar-refractivity contribution in [2.24, 2.45) is 11.8 Å². The smallest absolute Gasteiger partial charge is 0.219 e. The molecule has 1 fully saturated rings. The number of rotatable bonds is 2. The highest BCUT2D eigenvalue weighted by Gasteiger charge is 2.51. The molecule has 5 heteroatoms. The molecule has 5 nitrogen and oxygen atoms in total. The average molecular weight is 302 g/mol. The third-order valence-corrected chi connectivity index (χ3v) is 5.32. The first-order valence-electron chi connectivity index (χ1n) is 7.67. The minimum Gasteiger partial charge on any atom is -0.504 e. The lowest BCUT2D eigenvalue weighted by Crippen LogP contribution is -2.48. The Morgan fingerprint density at radius 3 is 2.82 bits per heavy atom. The molecule has 3 atom stereocenters. The van der Waals surface area contributed by atoms with E-state index in [0.29, 0.717) is 18.2 Å². The third-order valence-electron chi connectivity index (χ3n) is 5.32. The van der Waals surface area contributed by atoms with E-state index in [0.717, 1.165) is 29.7 Å². The van der Waals surface area contributed by atoms with Gasteiger partial charge in [-0.25, -0.2) is 9.97 Å². The molecule has 0 aromatic carbocycles. The Kier molecular flexibility index (Phi) is 3.67. The zero-order chi connectivity index (χ0) is 15.9. The highest BCUT2D eigenvalue weighted by Crippen LogP contribution is 2.52. The Morgan fingerprint density at radius 2 is 2.14 bits per heavy atom. The van der Waals surface area contributed by atoms with Crippen LogP contribution in [0.3, 0.4) is 0 Å². The summed E-state index contributed by atoms with van der Waals surface area (Å²) in [6.45, 7) is 4.23. The second-order valence-electron chi connectivity index (χ2n) is 6.48. The first-order valence-corrected chi connectivity index (χ1v) is 7.67. The number of hydrogen-bond donors (Lipinski definition) is 0. The van der Waals surface area contributed by atoms with Crippen LogP contribution in [0.2, 0.25) is 0 Å². The van der Waals surface area contributed by atoms with Crippen molar-refractivity contribution in [1.82, 2.24) is 9.97 Å². The molecule has 118 valence electrons. The van der Waals surface area contributed by atoms with Gasteiger partial charge >= 0.3 is 0 Å². The van der Waals surface area contributed by atoms with Crippen LogP contribution in [0.25, 0.3) is 0 Å². The quantitative estimate of drug-likeness (QED) is 0.620. The minimum atomic E-state index is -0.179. The summed E-state index contributed by atoms with van der Waals surface area (Å²) < 4.78 is 10.5. The van der Waals surface area contributed by atoms with E-state index < -0.39 is 0 Å². The van der Waals surface area contributed by atoms with Crippen molar-refractivity contribution in [3.63, 3.8) is 0 Å². The Hall–Kier alpha value is -1.91. The Morgan fingerprint density at radius 1 is 1.36 bits per heavy atom. The molecule has 1 saturated carbocycles. The highest BCUT2D eigenvalue weighted by atomic mass is 16.5. The van der Waals surface area contributed by atoms with Crippen LogP contribution >= 0.6 is 0 Å². The lowest BCUT2D eigenvalue weighted by molar-refractivity contribution is -0.124. The summed E-state index contributed by atoms with van der Waals surface area (Å²) in [6.07, 6.45) is 5.63. The predicted octanol–water partition coefficient (Wildman–Crippen LogP) is 2.44. The zero-order valence-corrected chi connectivity index (χ0v) is 13.5. The molecule has 0 bridgehead atoms. The zero-order valence-electron chi connectivity index (χ0n) is 13.5. The monoisotopic (exact) mass is 302 g/mol. The van der Waals surface area contributed by atoms with Crippen LogP contribution in [0.5, 0.6) is 5.88 Å². The van der Waals surface area contributed by atoms with Gasteiger partial charge in [0.1, 0.15) is 6.33 Å². The molecule has 0 amide bonds. The van der Waals surface area contributed by atoms with Gasteiger partial charge in [-0.3, -0.25) is 4.79 Å². The van der Waals surface area contributed by atoms with Crippen LogP contribution in [0.15, 0.2) is 18.2 Å². The van der Waals surface area contributed by atoms with Crippen LogP contribution in [-0.4, -0.2) is 30.0 Å². The minimum absolute atomic E-state index is 0.0192. The standard InChI is InChI=1S/C17H22N2O3/c1-10-13-6-5-12-15(18-9-19-16(12)22-4)17(13,2)7-11(8-21-3)14(10)20/h8-10,13H,5-7H2,1-4H3/b11-8-/t10-,13-,17-/m0/s1. The summed E-state index contributed by atoms with van der Waals surface area (Å²) in [5, 5.41) is 0. The largest absolute Gasteiger partial charge is 0.504 e. The van der Waals surface area contributed by atoms with Gasteiger partial charge in [0.05, 0.1) is 26.2 Å². The summed E-state index contributed by atoms with van der Waals surface area (Å²) in [5.74, 6) is 1.13. The number of ether oxygens (including phenoxy) is 2. The van der Waals surface area contributed by atoms with E-state index in [2.05, 4.69) is 16.9 Å². The molecule has 2 aliphatic carbocycles. The van der Waals surface area contributed by atoms with Crippen LogP contribution in [0, 0.1) is 11.8 Å². The molecule has 22 heavy (non-hydrogen) atoms. The maximum atomic E-state index is 12.5. The molecule has 0 spiro atoms. The third kappa shape index (κ3) is 2.02. The SMILES string of the molecule is CO/C=C1/C[C@]2(C)c3ncnc(OC)c3CC[C@H]2[C@H](C)C1=O. The van der Waals surface area contributed by atoms with E-state index >= 15 is 0 Å². The molecule has 0 N–H and O–H groups in total. The van der Waals surface area contributed by atoms with E-state index in [-0.39, 0.29) is 17.1 Å². The normalized spacial score (nSPS) is 32.4. The molecule has 0 radical (unpaired) electrons. The van der Waals surface area contributed by atoms with Crippen molar-refractivity contribution in [3.05, 3.63) is 29.4 Å². The molecule has 3 rings (SSSR count). The van der Waals surface area contributed by atoms with Gasteiger partial charge in [0, 0.05) is 22.5 Å². The van der Waals surface area contributed by atoms with Gasteiger partial charge < -0.3 is 9.47 Å². The van der Waals surface area contributed by atoms with Gasteiger partial charge in [-0.05, 0) is 25.2 Å². The first kappa shape index (κ1) is 15.0. The van der Waals surface area contributed by atoms with Gasteiger partial charge in [-0.2, -0.15) is 0 Å². The van der Waals surface area contributed by atoms with Gasteiger partial charge in [0.25, 0.3) is 0 Å². The second kappa shape index (κ2) is 5.38. The Balaban J connectivity index is 2.13.